The van der Waals surface area contributed by atoms with Gasteiger partial charge in [-0.05, 0) is 60.6 Å². The van der Waals surface area contributed by atoms with Crippen molar-refractivity contribution in [3.63, 3.8) is 0 Å². The van der Waals surface area contributed by atoms with Gasteiger partial charge in [-0.15, -0.1) is 0 Å². The average Bonchev–Trinajstić information content (AvgIpc) is 3.19. The third-order valence-electron chi connectivity index (χ3n) is 7.18. The number of unbranched alkanes of at least 4 members (excludes halogenated alkanes) is 10. The number of hydrogen-bond donors (Lipinski definition) is 0. The number of aryl methyl sites for hydroxylation is 1. The zero-order chi connectivity index (χ0) is 26.3. The topological polar surface area (TPSA) is 26.3 Å². The molecule has 202 valence electrons. The summed E-state index contributed by atoms with van der Waals surface area (Å²) in [5.74, 6) is 1.75. The van der Waals surface area contributed by atoms with Crippen LogP contribution in [-0.4, -0.2) is 12.4 Å². The maximum absolute atomic E-state index is 12.9. The molecule has 0 fully saturated rings. The van der Waals surface area contributed by atoms with Crippen molar-refractivity contribution in [3.8, 4) is 5.75 Å². The minimum atomic E-state index is 0.123. The van der Waals surface area contributed by atoms with Crippen molar-refractivity contribution in [1.29, 1.82) is 0 Å². The van der Waals surface area contributed by atoms with Crippen LogP contribution in [0.1, 0.15) is 126 Å². The van der Waals surface area contributed by atoms with Gasteiger partial charge in [-0.25, -0.2) is 0 Å². The van der Waals surface area contributed by atoms with Crippen LogP contribution in [0.3, 0.4) is 0 Å². The Balaban J connectivity index is 1.36. The Hall–Kier alpha value is -2.00. The molecular weight excluding hydrogens is 472 g/mol. The molecule has 0 radical (unpaired) electrons. The molecule has 2 aromatic rings. The lowest BCUT2D eigenvalue weighted by Crippen LogP contribution is -1.98. The molecule has 37 heavy (non-hydrogen) atoms. The van der Waals surface area contributed by atoms with E-state index in [2.05, 4.69) is 45.0 Å². The number of carbonyl (C=O) groups is 1. The zero-order valence-electron chi connectivity index (χ0n) is 23.5. The molecule has 0 aromatic heterocycles. The Morgan fingerprint density at radius 2 is 1.46 bits per heavy atom. The van der Waals surface area contributed by atoms with E-state index in [9.17, 15) is 4.79 Å². The lowest BCUT2D eigenvalue weighted by atomic mass is 10.0. The highest BCUT2D eigenvalue weighted by atomic mass is 32.2. The fraction of sp³-hybridized carbons (Fsp3) is 0.559. The lowest BCUT2D eigenvalue weighted by molar-refractivity contribution is 0.104. The largest absolute Gasteiger partial charge is 0.494 e. The van der Waals surface area contributed by atoms with Crippen molar-refractivity contribution in [2.45, 2.75) is 116 Å². The number of Topliss-reactive ketones (excluding diaryl/α,β-unsaturated/α-hetero) is 1. The van der Waals surface area contributed by atoms with Gasteiger partial charge in [0.05, 0.1) is 11.5 Å². The first-order chi connectivity index (χ1) is 18.1. The summed E-state index contributed by atoms with van der Waals surface area (Å²) in [5, 5.41) is 0. The van der Waals surface area contributed by atoms with Crippen LogP contribution in [0.2, 0.25) is 0 Å². The standard InChI is InChI=1S/C34H48O2S/c1-4-5-6-7-8-9-10-11-12-13-14-24-36-30-22-23-31-32(26-30)37-33(34(31)35)25-29-20-18-28(19-21-29)17-15-16-27(2)3/h18-23,25-27H,4-17,24H2,1-3H3. The predicted octanol–water partition coefficient (Wildman–Crippen LogP) is 10.7. The SMILES string of the molecule is CCCCCCCCCCCCCOc1ccc2c(c1)SC(=Cc1ccc(CCCC(C)C)cc1)C2=O. The summed E-state index contributed by atoms with van der Waals surface area (Å²) in [6, 6.07) is 14.6. The molecule has 0 spiro atoms. The molecule has 1 heterocycles. The first-order valence-corrected chi connectivity index (χ1v) is 15.7. The van der Waals surface area contributed by atoms with Gasteiger partial charge in [0.25, 0.3) is 0 Å². The van der Waals surface area contributed by atoms with Crippen LogP contribution < -0.4 is 4.74 Å². The smallest absolute Gasteiger partial charge is 0.200 e. The highest BCUT2D eigenvalue weighted by molar-refractivity contribution is 8.04. The molecule has 0 amide bonds. The van der Waals surface area contributed by atoms with Gasteiger partial charge < -0.3 is 4.74 Å². The van der Waals surface area contributed by atoms with E-state index in [4.69, 9.17) is 4.74 Å². The van der Waals surface area contributed by atoms with Gasteiger partial charge in [-0.1, -0.05) is 127 Å². The van der Waals surface area contributed by atoms with E-state index in [-0.39, 0.29) is 5.78 Å². The Bertz CT molecular complexity index is 974. The third kappa shape index (κ3) is 10.7. The first kappa shape index (κ1) is 29.6. The van der Waals surface area contributed by atoms with Crippen molar-refractivity contribution in [1.82, 2.24) is 0 Å². The lowest BCUT2D eigenvalue weighted by Gasteiger charge is -2.07. The number of hydrogen-bond acceptors (Lipinski definition) is 3. The van der Waals surface area contributed by atoms with Crippen molar-refractivity contribution in [2.75, 3.05) is 6.61 Å². The summed E-state index contributed by atoms with van der Waals surface area (Å²) < 4.78 is 6.02. The van der Waals surface area contributed by atoms with Crippen LogP contribution in [0.4, 0.5) is 0 Å². The van der Waals surface area contributed by atoms with Crippen molar-refractivity contribution in [3.05, 3.63) is 64.1 Å². The van der Waals surface area contributed by atoms with Crippen molar-refractivity contribution >= 4 is 23.6 Å². The van der Waals surface area contributed by atoms with Crippen LogP contribution in [0.25, 0.3) is 6.08 Å². The quantitative estimate of drug-likeness (QED) is 0.144. The molecule has 1 aliphatic rings. The molecule has 0 saturated heterocycles. The number of carbonyl (C=O) groups excluding carboxylic acids is 1. The molecule has 3 rings (SSSR count). The van der Waals surface area contributed by atoms with Crippen LogP contribution >= 0.6 is 11.8 Å². The Labute approximate surface area is 230 Å². The second-order valence-electron chi connectivity index (χ2n) is 11.0. The number of thioether (sulfide) groups is 1. The number of allylic oxidation sites excluding steroid dienone is 1. The summed E-state index contributed by atoms with van der Waals surface area (Å²) in [7, 11) is 0. The number of rotatable bonds is 18. The Morgan fingerprint density at radius 3 is 2.11 bits per heavy atom. The summed E-state index contributed by atoms with van der Waals surface area (Å²) in [6.07, 6.45) is 20.3. The first-order valence-electron chi connectivity index (χ1n) is 14.9. The van der Waals surface area contributed by atoms with E-state index < -0.39 is 0 Å². The van der Waals surface area contributed by atoms with Gasteiger partial charge in [-0.3, -0.25) is 4.79 Å². The number of ether oxygens (including phenoxy) is 1. The molecule has 0 bridgehead atoms. The molecular formula is C34H48O2S. The highest BCUT2D eigenvalue weighted by Gasteiger charge is 2.26. The molecule has 0 unspecified atom stereocenters. The Kier molecular flexibility index (Phi) is 13.4. The Morgan fingerprint density at radius 1 is 0.811 bits per heavy atom. The van der Waals surface area contributed by atoms with Crippen LogP contribution in [0.15, 0.2) is 52.3 Å². The number of fused-ring (bicyclic) bond motifs is 1. The van der Waals surface area contributed by atoms with Crippen molar-refractivity contribution < 1.29 is 9.53 Å². The van der Waals surface area contributed by atoms with Gasteiger partial charge in [0, 0.05) is 10.5 Å². The van der Waals surface area contributed by atoms with Crippen LogP contribution in [0.5, 0.6) is 5.75 Å². The van der Waals surface area contributed by atoms with E-state index in [1.54, 1.807) is 11.8 Å². The number of ketones is 1. The summed E-state index contributed by atoms with van der Waals surface area (Å²) >= 11 is 1.57. The van der Waals surface area contributed by atoms with Crippen LogP contribution in [0, 0.1) is 5.92 Å². The van der Waals surface area contributed by atoms with E-state index in [1.807, 2.05) is 24.3 Å². The van der Waals surface area contributed by atoms with Crippen LogP contribution in [-0.2, 0) is 6.42 Å². The second kappa shape index (κ2) is 16.8. The zero-order valence-corrected chi connectivity index (χ0v) is 24.3. The van der Waals surface area contributed by atoms with Gasteiger partial charge in [0.15, 0.2) is 0 Å². The van der Waals surface area contributed by atoms with Gasteiger partial charge in [-0.2, -0.15) is 0 Å². The van der Waals surface area contributed by atoms with Gasteiger partial charge in [0.1, 0.15) is 5.75 Å². The molecule has 1 aliphatic heterocycles. The predicted molar refractivity (Wildman–Crippen MR) is 161 cm³/mol. The molecule has 0 N–H and O–H groups in total. The fourth-order valence-electron chi connectivity index (χ4n) is 4.86. The molecule has 3 heteroatoms. The monoisotopic (exact) mass is 520 g/mol. The summed E-state index contributed by atoms with van der Waals surface area (Å²) in [5.41, 5.74) is 3.25. The second-order valence-corrected chi connectivity index (χ2v) is 12.1. The van der Waals surface area contributed by atoms with Crippen molar-refractivity contribution in [2.24, 2.45) is 5.92 Å². The maximum atomic E-state index is 12.9. The fourth-order valence-corrected chi connectivity index (χ4v) is 5.94. The maximum Gasteiger partial charge on any atom is 0.200 e. The van der Waals surface area contributed by atoms with Gasteiger partial charge in [0.2, 0.25) is 5.78 Å². The summed E-state index contributed by atoms with van der Waals surface area (Å²) in [6.45, 7) is 7.58. The van der Waals surface area contributed by atoms with E-state index >= 15 is 0 Å². The van der Waals surface area contributed by atoms with Gasteiger partial charge >= 0.3 is 0 Å². The summed E-state index contributed by atoms with van der Waals surface area (Å²) in [4.78, 5) is 14.7. The third-order valence-corrected chi connectivity index (χ3v) is 8.26. The number of benzene rings is 2. The molecule has 2 nitrogen and oxygen atoms in total. The van der Waals surface area contributed by atoms with E-state index in [1.165, 1.54) is 82.6 Å². The molecule has 0 aliphatic carbocycles. The molecule has 2 aromatic carbocycles. The minimum absolute atomic E-state index is 0.123. The highest BCUT2D eigenvalue weighted by Crippen LogP contribution is 2.42. The molecule has 0 saturated carbocycles. The van der Waals surface area contributed by atoms with E-state index in [0.29, 0.717) is 0 Å². The average molecular weight is 521 g/mol. The minimum Gasteiger partial charge on any atom is -0.494 e. The molecule has 0 atom stereocenters. The normalized spacial score (nSPS) is 14.1. The van der Waals surface area contributed by atoms with E-state index in [0.717, 1.165) is 52.0 Å².